The van der Waals surface area contributed by atoms with Crippen LogP contribution in [0, 0.1) is 5.92 Å². The summed E-state index contributed by atoms with van der Waals surface area (Å²) in [6.45, 7) is 3.61. The number of carboxylic acids is 1. The number of aliphatic carboxylic acids is 1. The summed E-state index contributed by atoms with van der Waals surface area (Å²) in [6, 6.07) is 4.29. The molecule has 1 atom stereocenters. The summed E-state index contributed by atoms with van der Waals surface area (Å²) < 4.78 is 26.9. The number of hydrogen-bond donors (Lipinski definition) is 2. The van der Waals surface area contributed by atoms with Crippen LogP contribution < -0.4 is 4.72 Å². The van der Waals surface area contributed by atoms with Crippen LogP contribution in [0.1, 0.15) is 30.6 Å². The predicted octanol–water partition coefficient (Wildman–Crippen LogP) is 1.17. The molecule has 1 aromatic carbocycles. The minimum atomic E-state index is -4.03. The zero-order valence-electron chi connectivity index (χ0n) is 13.6. The lowest BCUT2D eigenvalue weighted by Crippen LogP contribution is -2.41. The van der Waals surface area contributed by atoms with Crippen molar-refractivity contribution in [1.82, 2.24) is 9.62 Å². The summed E-state index contributed by atoms with van der Waals surface area (Å²) in [6.07, 6.45) is 0.172. The Morgan fingerprint density at radius 1 is 1.26 bits per heavy atom. The number of carbonyl (C=O) groups is 2. The topological polar surface area (TPSA) is 104 Å². The van der Waals surface area contributed by atoms with Crippen molar-refractivity contribution in [2.24, 2.45) is 5.92 Å². The van der Waals surface area contributed by atoms with Gasteiger partial charge >= 0.3 is 5.97 Å². The number of benzene rings is 1. The van der Waals surface area contributed by atoms with Gasteiger partial charge in [0.05, 0.1) is 4.90 Å². The third-order valence-electron chi connectivity index (χ3n) is 3.10. The zero-order valence-corrected chi connectivity index (χ0v) is 14.4. The number of rotatable bonds is 7. The molecule has 0 unspecified atom stereocenters. The van der Waals surface area contributed by atoms with E-state index in [-0.39, 0.29) is 28.7 Å². The molecule has 8 heteroatoms. The standard InChI is InChI=1S/C15H22N2O5S/c1-10(2)8-13(15(19)20)16-23(21,22)12-7-5-6-11(9-12)14(18)17(3)4/h5-7,9-10,13,16H,8H2,1-4H3,(H,19,20)/t13-/m1/s1. The van der Waals surface area contributed by atoms with Crippen molar-refractivity contribution in [1.29, 1.82) is 0 Å². The van der Waals surface area contributed by atoms with Gasteiger partial charge in [-0.25, -0.2) is 8.42 Å². The van der Waals surface area contributed by atoms with Gasteiger partial charge in [-0.1, -0.05) is 19.9 Å². The van der Waals surface area contributed by atoms with Crippen molar-refractivity contribution in [3.8, 4) is 0 Å². The van der Waals surface area contributed by atoms with E-state index in [4.69, 9.17) is 5.11 Å². The third-order valence-corrected chi connectivity index (χ3v) is 4.57. The van der Waals surface area contributed by atoms with Crippen molar-refractivity contribution >= 4 is 21.9 Å². The van der Waals surface area contributed by atoms with Crippen molar-refractivity contribution in [2.45, 2.75) is 31.2 Å². The zero-order chi connectivity index (χ0) is 17.8. The Morgan fingerprint density at radius 2 is 1.87 bits per heavy atom. The molecule has 0 radical (unpaired) electrons. The summed E-state index contributed by atoms with van der Waals surface area (Å²) in [5, 5.41) is 9.16. The Hall–Kier alpha value is -1.93. The van der Waals surface area contributed by atoms with E-state index in [2.05, 4.69) is 4.72 Å². The van der Waals surface area contributed by atoms with Gasteiger partial charge in [0.1, 0.15) is 6.04 Å². The van der Waals surface area contributed by atoms with Gasteiger partial charge in [-0.2, -0.15) is 4.72 Å². The van der Waals surface area contributed by atoms with Crippen LogP contribution in [0.4, 0.5) is 0 Å². The molecular formula is C15H22N2O5S. The maximum Gasteiger partial charge on any atom is 0.321 e. The second kappa shape index (κ2) is 7.56. The van der Waals surface area contributed by atoms with Crippen LogP contribution in [0.5, 0.6) is 0 Å². The fraction of sp³-hybridized carbons (Fsp3) is 0.467. The highest BCUT2D eigenvalue weighted by molar-refractivity contribution is 7.89. The third kappa shape index (κ3) is 5.33. The molecule has 0 saturated heterocycles. The molecule has 0 bridgehead atoms. The Bertz CT molecular complexity index is 683. The van der Waals surface area contributed by atoms with Gasteiger partial charge in [-0.3, -0.25) is 9.59 Å². The average Bonchev–Trinajstić information content (AvgIpc) is 2.45. The monoisotopic (exact) mass is 342 g/mol. The van der Waals surface area contributed by atoms with Crippen LogP contribution in [-0.4, -0.2) is 50.4 Å². The molecule has 1 amide bonds. The van der Waals surface area contributed by atoms with E-state index >= 15 is 0 Å². The van der Waals surface area contributed by atoms with Crippen LogP contribution in [0.15, 0.2) is 29.2 Å². The molecule has 0 aromatic heterocycles. The SMILES string of the molecule is CC(C)C[C@@H](NS(=O)(=O)c1cccc(C(=O)N(C)C)c1)C(=O)O. The number of nitrogens with one attached hydrogen (secondary N) is 1. The molecule has 23 heavy (non-hydrogen) atoms. The van der Waals surface area contributed by atoms with Crippen molar-refractivity contribution in [3.63, 3.8) is 0 Å². The quantitative estimate of drug-likeness (QED) is 0.774. The van der Waals surface area contributed by atoms with E-state index in [0.29, 0.717) is 0 Å². The molecule has 1 rings (SSSR count). The minimum Gasteiger partial charge on any atom is -0.480 e. The second-order valence-corrected chi connectivity index (χ2v) is 7.58. The van der Waals surface area contributed by atoms with Gasteiger partial charge < -0.3 is 10.0 Å². The number of nitrogens with zero attached hydrogens (tertiary/aromatic N) is 1. The maximum atomic E-state index is 12.4. The Balaban J connectivity index is 3.10. The lowest BCUT2D eigenvalue weighted by molar-refractivity contribution is -0.139. The van der Waals surface area contributed by atoms with E-state index in [1.165, 1.54) is 29.2 Å². The highest BCUT2D eigenvalue weighted by atomic mass is 32.2. The molecule has 0 spiro atoms. The van der Waals surface area contributed by atoms with Crippen molar-refractivity contribution in [2.75, 3.05) is 14.1 Å². The van der Waals surface area contributed by atoms with Gasteiger partial charge in [0, 0.05) is 19.7 Å². The first-order valence-corrected chi connectivity index (χ1v) is 8.59. The summed E-state index contributed by atoms with van der Waals surface area (Å²) in [5.41, 5.74) is 0.216. The van der Waals surface area contributed by atoms with E-state index < -0.39 is 22.0 Å². The number of sulfonamides is 1. The first-order valence-electron chi connectivity index (χ1n) is 7.11. The van der Waals surface area contributed by atoms with Gasteiger partial charge in [-0.15, -0.1) is 0 Å². The molecule has 0 aliphatic carbocycles. The summed E-state index contributed by atoms with van der Waals surface area (Å²) in [7, 11) is -0.913. The molecule has 0 saturated carbocycles. The average molecular weight is 342 g/mol. The maximum absolute atomic E-state index is 12.4. The van der Waals surface area contributed by atoms with Gasteiger partial charge in [-0.05, 0) is 30.5 Å². The van der Waals surface area contributed by atoms with Crippen molar-refractivity contribution < 1.29 is 23.1 Å². The van der Waals surface area contributed by atoms with E-state index in [1.807, 2.05) is 0 Å². The smallest absolute Gasteiger partial charge is 0.321 e. The Kier molecular flexibility index (Phi) is 6.28. The number of carbonyl (C=O) groups excluding carboxylic acids is 1. The first-order chi connectivity index (χ1) is 10.5. The van der Waals surface area contributed by atoms with Crippen LogP contribution >= 0.6 is 0 Å². The minimum absolute atomic E-state index is 0.0143. The molecule has 7 nitrogen and oxygen atoms in total. The van der Waals surface area contributed by atoms with Crippen LogP contribution in [0.25, 0.3) is 0 Å². The van der Waals surface area contributed by atoms with Crippen LogP contribution in [0.2, 0.25) is 0 Å². The molecular weight excluding hydrogens is 320 g/mol. The van der Waals surface area contributed by atoms with E-state index in [9.17, 15) is 18.0 Å². The summed E-state index contributed by atoms with van der Waals surface area (Å²) in [4.78, 5) is 24.3. The fourth-order valence-corrected chi connectivity index (χ4v) is 3.23. The summed E-state index contributed by atoms with van der Waals surface area (Å²) >= 11 is 0. The predicted molar refractivity (Wildman–Crippen MR) is 85.7 cm³/mol. The van der Waals surface area contributed by atoms with E-state index in [0.717, 1.165) is 0 Å². The lowest BCUT2D eigenvalue weighted by Gasteiger charge is -2.17. The molecule has 128 valence electrons. The first kappa shape index (κ1) is 19.1. The van der Waals surface area contributed by atoms with Crippen LogP contribution in [-0.2, 0) is 14.8 Å². The van der Waals surface area contributed by atoms with Gasteiger partial charge in [0.15, 0.2) is 0 Å². The van der Waals surface area contributed by atoms with Crippen molar-refractivity contribution in [3.05, 3.63) is 29.8 Å². The van der Waals surface area contributed by atoms with Gasteiger partial charge in [0.2, 0.25) is 10.0 Å². The highest BCUT2D eigenvalue weighted by Crippen LogP contribution is 2.15. The van der Waals surface area contributed by atoms with Gasteiger partial charge in [0.25, 0.3) is 5.91 Å². The van der Waals surface area contributed by atoms with Crippen LogP contribution in [0.3, 0.4) is 0 Å². The highest BCUT2D eigenvalue weighted by Gasteiger charge is 2.26. The molecule has 0 aliphatic rings. The number of carboxylic acid groups (broad SMARTS) is 1. The molecule has 2 N–H and O–H groups in total. The Morgan fingerprint density at radius 3 is 2.35 bits per heavy atom. The second-order valence-electron chi connectivity index (χ2n) is 5.87. The molecule has 0 fully saturated rings. The number of hydrogen-bond acceptors (Lipinski definition) is 4. The lowest BCUT2D eigenvalue weighted by atomic mass is 10.1. The normalized spacial score (nSPS) is 12.9. The summed E-state index contributed by atoms with van der Waals surface area (Å²) in [5.74, 6) is -1.55. The molecule has 0 heterocycles. The van der Waals surface area contributed by atoms with E-state index in [1.54, 1.807) is 27.9 Å². The largest absolute Gasteiger partial charge is 0.480 e. The number of amides is 1. The fourth-order valence-electron chi connectivity index (χ4n) is 1.98. The molecule has 0 aliphatic heterocycles. The Labute approximate surface area is 136 Å². The molecule has 1 aromatic rings.